The highest BCUT2D eigenvalue weighted by Gasteiger charge is 2.71. The number of carbonyl (C=O) groups is 2. The monoisotopic (exact) mass is 559 g/mol. The van der Waals surface area contributed by atoms with Gasteiger partial charge in [-0.2, -0.15) is 0 Å². The van der Waals surface area contributed by atoms with Crippen LogP contribution in [0.5, 0.6) is 0 Å². The number of nitrogens with one attached hydrogen (secondary N) is 3. The van der Waals surface area contributed by atoms with E-state index in [1.165, 1.54) is 6.07 Å². The van der Waals surface area contributed by atoms with Crippen LogP contribution in [-0.4, -0.2) is 29.4 Å². The number of hydrogen-bond acceptors (Lipinski definition) is 3. The van der Waals surface area contributed by atoms with Crippen LogP contribution in [0.3, 0.4) is 0 Å². The molecule has 0 bridgehead atoms. The summed E-state index contributed by atoms with van der Waals surface area (Å²) in [7, 11) is 0. The van der Waals surface area contributed by atoms with E-state index in [1.54, 1.807) is 24.3 Å². The van der Waals surface area contributed by atoms with Gasteiger partial charge < -0.3 is 10.6 Å². The lowest BCUT2D eigenvalue weighted by Crippen LogP contribution is -2.59. The SMILES string of the molecule is CC(C)(C)CC1(C)NC(C(=O)NC2CCCCC2)C(c2cccc(Cl)c2F)C12C(=O)Nc1cc(Cl)ccc12. The van der Waals surface area contributed by atoms with Crippen molar-refractivity contribution in [3.8, 4) is 0 Å². The van der Waals surface area contributed by atoms with E-state index in [9.17, 15) is 9.59 Å². The van der Waals surface area contributed by atoms with Crippen molar-refractivity contribution in [1.82, 2.24) is 10.6 Å². The Morgan fingerprint density at radius 1 is 1.13 bits per heavy atom. The van der Waals surface area contributed by atoms with Crippen molar-refractivity contribution in [2.24, 2.45) is 5.41 Å². The van der Waals surface area contributed by atoms with Crippen LogP contribution in [0.1, 0.15) is 83.3 Å². The van der Waals surface area contributed by atoms with E-state index in [4.69, 9.17) is 23.2 Å². The van der Waals surface area contributed by atoms with Gasteiger partial charge in [0.25, 0.3) is 0 Å². The number of rotatable bonds is 4. The highest BCUT2D eigenvalue weighted by molar-refractivity contribution is 6.31. The third-order valence-corrected chi connectivity index (χ3v) is 9.12. The molecular formula is C30H36Cl2FN3O2. The van der Waals surface area contributed by atoms with E-state index in [0.29, 0.717) is 22.7 Å². The molecule has 1 saturated heterocycles. The van der Waals surface area contributed by atoms with Gasteiger partial charge in [0.2, 0.25) is 11.8 Å². The number of anilines is 1. The summed E-state index contributed by atoms with van der Waals surface area (Å²) in [5, 5.41) is 10.3. The number of fused-ring (bicyclic) bond motifs is 2. The predicted octanol–water partition coefficient (Wildman–Crippen LogP) is 6.72. The van der Waals surface area contributed by atoms with Crippen LogP contribution in [0.4, 0.5) is 10.1 Å². The van der Waals surface area contributed by atoms with Crippen molar-refractivity contribution >= 4 is 40.7 Å². The highest BCUT2D eigenvalue weighted by atomic mass is 35.5. The molecule has 1 saturated carbocycles. The van der Waals surface area contributed by atoms with Gasteiger partial charge in [0, 0.05) is 28.2 Å². The van der Waals surface area contributed by atoms with Crippen molar-refractivity contribution in [2.45, 2.75) is 95.2 Å². The smallest absolute Gasteiger partial charge is 0.238 e. The maximum Gasteiger partial charge on any atom is 0.238 e. The van der Waals surface area contributed by atoms with Crippen LogP contribution < -0.4 is 16.0 Å². The molecule has 4 unspecified atom stereocenters. The first kappa shape index (κ1) is 27.4. The summed E-state index contributed by atoms with van der Waals surface area (Å²) in [6.45, 7) is 8.31. The van der Waals surface area contributed by atoms with Gasteiger partial charge in [-0.05, 0) is 60.9 Å². The number of hydrogen-bond donors (Lipinski definition) is 3. The van der Waals surface area contributed by atoms with Gasteiger partial charge >= 0.3 is 0 Å². The van der Waals surface area contributed by atoms with E-state index < -0.39 is 28.7 Å². The molecule has 2 heterocycles. The molecular weight excluding hydrogens is 524 g/mol. The van der Waals surface area contributed by atoms with Gasteiger partial charge in [-0.3, -0.25) is 14.9 Å². The van der Waals surface area contributed by atoms with Crippen LogP contribution >= 0.6 is 23.2 Å². The number of carbonyl (C=O) groups excluding carboxylic acids is 2. The summed E-state index contributed by atoms with van der Waals surface area (Å²) < 4.78 is 15.9. The Kier molecular flexibility index (Phi) is 7.07. The van der Waals surface area contributed by atoms with Gasteiger partial charge in [0.1, 0.15) is 11.2 Å². The van der Waals surface area contributed by atoms with Gasteiger partial charge in [-0.25, -0.2) is 4.39 Å². The van der Waals surface area contributed by atoms with Gasteiger partial charge in [0.15, 0.2) is 0 Å². The van der Waals surface area contributed by atoms with Crippen molar-refractivity contribution < 1.29 is 14.0 Å². The molecule has 8 heteroatoms. The zero-order valence-corrected chi connectivity index (χ0v) is 23.9. The van der Waals surface area contributed by atoms with E-state index in [2.05, 4.69) is 36.7 Å². The van der Waals surface area contributed by atoms with E-state index >= 15 is 4.39 Å². The zero-order chi connectivity index (χ0) is 27.5. The molecule has 2 aromatic rings. The molecule has 2 fully saturated rings. The Balaban J connectivity index is 1.74. The van der Waals surface area contributed by atoms with Crippen molar-refractivity contribution in [2.75, 3.05) is 5.32 Å². The number of amides is 2. The second kappa shape index (κ2) is 9.79. The van der Waals surface area contributed by atoms with Crippen LogP contribution in [0.15, 0.2) is 36.4 Å². The molecule has 38 heavy (non-hydrogen) atoms. The third-order valence-electron chi connectivity index (χ3n) is 8.59. The summed E-state index contributed by atoms with van der Waals surface area (Å²) in [5.41, 5.74) is -0.850. The molecule has 5 nitrogen and oxygen atoms in total. The average molecular weight is 561 g/mol. The highest BCUT2D eigenvalue weighted by Crippen LogP contribution is 2.61. The minimum absolute atomic E-state index is 0.0387. The van der Waals surface area contributed by atoms with Gasteiger partial charge in [-0.15, -0.1) is 0 Å². The van der Waals surface area contributed by atoms with Gasteiger partial charge in [0.05, 0.1) is 11.1 Å². The normalized spacial score (nSPS) is 29.4. The minimum Gasteiger partial charge on any atom is -0.352 e. The summed E-state index contributed by atoms with van der Waals surface area (Å²) in [5.74, 6) is -1.94. The van der Waals surface area contributed by atoms with Crippen LogP contribution in [0.25, 0.3) is 0 Å². The molecule has 1 spiro atoms. The molecule has 5 rings (SSSR count). The van der Waals surface area contributed by atoms with Gasteiger partial charge in [-0.1, -0.05) is 81.4 Å². The van der Waals surface area contributed by atoms with Crippen molar-refractivity contribution in [3.05, 3.63) is 63.4 Å². The summed E-state index contributed by atoms with van der Waals surface area (Å²) >= 11 is 12.6. The molecule has 204 valence electrons. The zero-order valence-electron chi connectivity index (χ0n) is 22.4. The first-order chi connectivity index (χ1) is 17.9. The first-order valence-corrected chi connectivity index (χ1v) is 14.3. The van der Waals surface area contributed by atoms with E-state index in [0.717, 1.165) is 32.1 Å². The largest absolute Gasteiger partial charge is 0.352 e. The first-order valence-electron chi connectivity index (χ1n) is 13.5. The number of halogens is 3. The Labute approximate surface area is 234 Å². The van der Waals surface area contributed by atoms with Crippen LogP contribution in [0, 0.1) is 11.2 Å². The van der Waals surface area contributed by atoms with E-state index in [1.807, 2.05) is 13.0 Å². The summed E-state index contributed by atoms with van der Waals surface area (Å²) in [6.07, 6.45) is 5.69. The Hall–Kier alpha value is -2.15. The molecule has 4 atom stereocenters. The standard InChI is InChI=1S/C30H36Cl2FN3O2/c1-28(2,3)16-29(4)30(20-14-13-17(31)15-22(20)35-27(30)38)23(19-11-8-12-21(32)24(19)33)25(36-29)26(37)34-18-9-6-5-7-10-18/h8,11-15,18,23,25,36H,5-7,9-10,16H2,1-4H3,(H,34,37)(H,35,38). The quantitative estimate of drug-likeness (QED) is 0.389. The topological polar surface area (TPSA) is 70.2 Å². The minimum atomic E-state index is -1.29. The fourth-order valence-electron chi connectivity index (χ4n) is 7.48. The molecule has 0 aromatic heterocycles. The molecule has 2 aromatic carbocycles. The maximum atomic E-state index is 15.9. The lowest BCUT2D eigenvalue weighted by Gasteiger charge is -2.45. The Morgan fingerprint density at radius 3 is 2.53 bits per heavy atom. The molecule has 0 radical (unpaired) electrons. The molecule has 3 N–H and O–H groups in total. The molecule has 3 aliphatic rings. The van der Waals surface area contributed by atoms with Crippen molar-refractivity contribution in [1.29, 1.82) is 0 Å². The van der Waals surface area contributed by atoms with Crippen LogP contribution in [-0.2, 0) is 15.0 Å². The lowest BCUT2D eigenvalue weighted by atomic mass is 9.56. The van der Waals surface area contributed by atoms with Crippen molar-refractivity contribution in [3.63, 3.8) is 0 Å². The molecule has 2 amide bonds. The Morgan fingerprint density at radius 2 is 1.84 bits per heavy atom. The fourth-order valence-corrected chi connectivity index (χ4v) is 7.83. The molecule has 1 aliphatic carbocycles. The van der Waals surface area contributed by atoms with Crippen LogP contribution in [0.2, 0.25) is 10.0 Å². The predicted molar refractivity (Wildman–Crippen MR) is 150 cm³/mol. The van der Waals surface area contributed by atoms with E-state index in [-0.39, 0.29) is 33.9 Å². The fraction of sp³-hybridized carbons (Fsp3) is 0.533. The summed E-state index contributed by atoms with van der Waals surface area (Å²) in [4.78, 5) is 28.4. The maximum absolute atomic E-state index is 15.9. The second-order valence-corrected chi connectivity index (χ2v) is 13.5. The Bertz CT molecular complexity index is 1270. The average Bonchev–Trinajstić information content (AvgIpc) is 3.27. The third kappa shape index (κ3) is 4.43. The summed E-state index contributed by atoms with van der Waals surface area (Å²) in [6, 6.07) is 9.35. The number of benzene rings is 2. The second-order valence-electron chi connectivity index (χ2n) is 12.6. The lowest BCUT2D eigenvalue weighted by molar-refractivity contribution is -0.124. The molecule has 2 aliphatic heterocycles.